The van der Waals surface area contributed by atoms with Crippen molar-refractivity contribution in [3.8, 4) is 0 Å². The molecule has 0 saturated carbocycles. The molecule has 2 N–H and O–H groups in total. The van der Waals surface area contributed by atoms with Crippen LogP contribution in [0.4, 0.5) is 0 Å². The second kappa shape index (κ2) is 8.67. The minimum Gasteiger partial charge on any atom is -0.467 e. The van der Waals surface area contributed by atoms with Gasteiger partial charge in [0, 0.05) is 0 Å². The van der Waals surface area contributed by atoms with Crippen molar-refractivity contribution in [2.45, 2.75) is 12.5 Å². The van der Waals surface area contributed by atoms with E-state index in [1.165, 1.54) is 0 Å². The third-order valence-corrected chi connectivity index (χ3v) is 3.99. The molecular weight excluding hydrogens is 328 g/mol. The number of carbonyl (C=O) groups is 2. The van der Waals surface area contributed by atoms with Gasteiger partial charge >= 0.3 is 0 Å². The van der Waals surface area contributed by atoms with Crippen molar-refractivity contribution in [2.24, 2.45) is 0 Å². The summed E-state index contributed by atoms with van der Waals surface area (Å²) in [6.45, 7) is 0.207. The predicted molar refractivity (Wildman–Crippen MR) is 98.3 cm³/mol. The molecule has 2 amide bonds. The smallest absolute Gasteiger partial charge is 0.239 e. The van der Waals surface area contributed by atoms with Crippen molar-refractivity contribution in [3.05, 3.63) is 95.9 Å². The van der Waals surface area contributed by atoms with Crippen LogP contribution in [0.25, 0.3) is 0 Å². The number of carbonyl (C=O) groups excluding carboxylic acids is 2. The molecule has 5 heteroatoms. The highest BCUT2D eigenvalue weighted by Gasteiger charge is 2.22. The van der Waals surface area contributed by atoms with Crippen LogP contribution in [0.2, 0.25) is 0 Å². The zero-order valence-corrected chi connectivity index (χ0v) is 14.2. The Hall–Kier alpha value is -3.34. The standard InChI is InChI=1S/C21H20N2O3/c24-19(22-14-18-12-7-13-26-18)15-23-21(25)20(16-8-3-1-4-9-16)17-10-5-2-6-11-17/h1-13,20H,14-15H2,(H,22,24)(H,23,25). The molecule has 2 aromatic carbocycles. The van der Waals surface area contributed by atoms with E-state index in [9.17, 15) is 9.59 Å². The molecular formula is C21H20N2O3. The molecule has 0 saturated heterocycles. The zero-order valence-electron chi connectivity index (χ0n) is 14.2. The van der Waals surface area contributed by atoms with Gasteiger partial charge < -0.3 is 15.1 Å². The SMILES string of the molecule is O=C(CNC(=O)C(c1ccccc1)c1ccccc1)NCc1ccco1. The van der Waals surface area contributed by atoms with E-state index >= 15 is 0 Å². The molecule has 0 spiro atoms. The van der Waals surface area contributed by atoms with Gasteiger partial charge in [0.05, 0.1) is 25.3 Å². The van der Waals surface area contributed by atoms with E-state index in [1.807, 2.05) is 60.7 Å². The number of amides is 2. The number of furan rings is 1. The summed E-state index contributed by atoms with van der Waals surface area (Å²) < 4.78 is 5.16. The Morgan fingerprint density at radius 3 is 1.96 bits per heavy atom. The van der Waals surface area contributed by atoms with Crippen molar-refractivity contribution in [1.82, 2.24) is 10.6 Å². The lowest BCUT2D eigenvalue weighted by Crippen LogP contribution is -2.39. The van der Waals surface area contributed by atoms with Crippen LogP contribution in [0.5, 0.6) is 0 Å². The van der Waals surface area contributed by atoms with E-state index in [-0.39, 0.29) is 18.4 Å². The Balaban J connectivity index is 1.63. The molecule has 0 aliphatic rings. The van der Waals surface area contributed by atoms with Crippen LogP contribution in [-0.4, -0.2) is 18.4 Å². The number of rotatable bonds is 7. The third-order valence-electron chi connectivity index (χ3n) is 3.99. The van der Waals surface area contributed by atoms with Crippen LogP contribution in [0.15, 0.2) is 83.5 Å². The Morgan fingerprint density at radius 1 is 0.808 bits per heavy atom. The Bertz CT molecular complexity index is 791. The first-order valence-corrected chi connectivity index (χ1v) is 8.41. The maximum absolute atomic E-state index is 12.8. The second-order valence-corrected chi connectivity index (χ2v) is 5.83. The van der Waals surface area contributed by atoms with Gasteiger partial charge in [-0.05, 0) is 23.3 Å². The fourth-order valence-corrected chi connectivity index (χ4v) is 2.72. The van der Waals surface area contributed by atoms with Crippen LogP contribution in [-0.2, 0) is 16.1 Å². The van der Waals surface area contributed by atoms with E-state index in [4.69, 9.17) is 4.42 Å². The van der Waals surface area contributed by atoms with E-state index in [0.29, 0.717) is 12.3 Å². The molecule has 0 unspecified atom stereocenters. The van der Waals surface area contributed by atoms with Crippen molar-refractivity contribution in [3.63, 3.8) is 0 Å². The van der Waals surface area contributed by atoms with E-state index < -0.39 is 5.92 Å². The summed E-state index contributed by atoms with van der Waals surface area (Å²) in [5, 5.41) is 5.44. The average Bonchev–Trinajstić information content (AvgIpc) is 3.20. The first-order valence-electron chi connectivity index (χ1n) is 8.41. The van der Waals surface area contributed by atoms with Gasteiger partial charge in [0.15, 0.2) is 0 Å². The molecule has 0 radical (unpaired) electrons. The molecule has 3 rings (SSSR count). The van der Waals surface area contributed by atoms with Crippen molar-refractivity contribution >= 4 is 11.8 Å². The second-order valence-electron chi connectivity index (χ2n) is 5.83. The lowest BCUT2D eigenvalue weighted by atomic mass is 9.90. The molecule has 0 aliphatic carbocycles. The summed E-state index contributed by atoms with van der Waals surface area (Å²) in [5.41, 5.74) is 1.76. The van der Waals surface area contributed by atoms with E-state index in [2.05, 4.69) is 10.6 Å². The Labute approximate surface area is 152 Å². The summed E-state index contributed by atoms with van der Waals surface area (Å²) >= 11 is 0. The highest BCUT2D eigenvalue weighted by Crippen LogP contribution is 2.24. The first-order chi connectivity index (χ1) is 12.7. The van der Waals surface area contributed by atoms with Gasteiger partial charge in [-0.3, -0.25) is 9.59 Å². The first kappa shape index (κ1) is 17.5. The minimum atomic E-state index is -0.463. The number of nitrogens with one attached hydrogen (secondary N) is 2. The Morgan fingerprint density at radius 2 is 1.42 bits per heavy atom. The predicted octanol–water partition coefficient (Wildman–Crippen LogP) is 2.84. The molecule has 1 heterocycles. The number of hydrogen-bond acceptors (Lipinski definition) is 3. The van der Waals surface area contributed by atoms with E-state index in [1.54, 1.807) is 18.4 Å². The molecule has 5 nitrogen and oxygen atoms in total. The summed E-state index contributed by atoms with van der Waals surface area (Å²) in [7, 11) is 0. The fourth-order valence-electron chi connectivity index (χ4n) is 2.72. The molecule has 1 aromatic heterocycles. The lowest BCUT2D eigenvalue weighted by Gasteiger charge is -2.17. The summed E-state index contributed by atoms with van der Waals surface area (Å²) in [4.78, 5) is 24.7. The maximum atomic E-state index is 12.8. The normalized spacial score (nSPS) is 10.5. The highest BCUT2D eigenvalue weighted by atomic mass is 16.3. The van der Waals surface area contributed by atoms with Crippen LogP contribution >= 0.6 is 0 Å². The van der Waals surface area contributed by atoms with Crippen molar-refractivity contribution in [2.75, 3.05) is 6.54 Å². The number of hydrogen-bond donors (Lipinski definition) is 2. The largest absolute Gasteiger partial charge is 0.467 e. The van der Waals surface area contributed by atoms with Gasteiger partial charge in [-0.2, -0.15) is 0 Å². The highest BCUT2D eigenvalue weighted by molar-refractivity contribution is 5.90. The quantitative estimate of drug-likeness (QED) is 0.690. The molecule has 0 bridgehead atoms. The molecule has 0 fully saturated rings. The summed E-state index contributed by atoms with van der Waals surface area (Å²) in [6, 6.07) is 22.6. The Kier molecular flexibility index (Phi) is 5.83. The van der Waals surface area contributed by atoms with Gasteiger partial charge in [-0.1, -0.05) is 60.7 Å². The van der Waals surface area contributed by atoms with Crippen LogP contribution in [0, 0.1) is 0 Å². The fraction of sp³-hybridized carbons (Fsp3) is 0.143. The number of benzene rings is 2. The van der Waals surface area contributed by atoms with Gasteiger partial charge in [0.2, 0.25) is 11.8 Å². The van der Waals surface area contributed by atoms with Crippen LogP contribution < -0.4 is 10.6 Å². The van der Waals surface area contributed by atoms with Crippen molar-refractivity contribution in [1.29, 1.82) is 0 Å². The zero-order chi connectivity index (χ0) is 18.2. The minimum absolute atomic E-state index is 0.0876. The molecule has 26 heavy (non-hydrogen) atoms. The maximum Gasteiger partial charge on any atom is 0.239 e. The lowest BCUT2D eigenvalue weighted by molar-refractivity contribution is -0.126. The summed E-state index contributed by atoms with van der Waals surface area (Å²) in [5.74, 6) is -0.281. The third kappa shape index (κ3) is 4.60. The molecule has 0 atom stereocenters. The van der Waals surface area contributed by atoms with Gasteiger partial charge in [-0.15, -0.1) is 0 Å². The van der Waals surface area contributed by atoms with Gasteiger partial charge in [0.25, 0.3) is 0 Å². The van der Waals surface area contributed by atoms with E-state index in [0.717, 1.165) is 11.1 Å². The van der Waals surface area contributed by atoms with Gasteiger partial charge in [0.1, 0.15) is 5.76 Å². The monoisotopic (exact) mass is 348 g/mol. The summed E-state index contributed by atoms with van der Waals surface area (Å²) in [6.07, 6.45) is 1.55. The average molecular weight is 348 g/mol. The molecule has 0 aliphatic heterocycles. The van der Waals surface area contributed by atoms with Crippen molar-refractivity contribution < 1.29 is 14.0 Å². The van der Waals surface area contributed by atoms with Crippen LogP contribution in [0.1, 0.15) is 22.8 Å². The topological polar surface area (TPSA) is 71.3 Å². The van der Waals surface area contributed by atoms with Crippen LogP contribution in [0.3, 0.4) is 0 Å². The molecule has 132 valence electrons. The molecule has 3 aromatic rings. The van der Waals surface area contributed by atoms with Gasteiger partial charge in [-0.25, -0.2) is 0 Å².